The van der Waals surface area contributed by atoms with E-state index in [4.69, 9.17) is 9.90 Å². The number of piperazine rings is 1. The number of piperidine rings is 1. The summed E-state index contributed by atoms with van der Waals surface area (Å²) in [5.41, 5.74) is 2.42. The number of benzene rings is 1. The van der Waals surface area contributed by atoms with Crippen molar-refractivity contribution in [3.63, 3.8) is 0 Å². The number of aliphatic carboxylic acids is 1. The number of halogens is 3. The number of carbonyl (C=O) groups is 3. The maximum absolute atomic E-state index is 13.8. The van der Waals surface area contributed by atoms with Crippen LogP contribution in [0.15, 0.2) is 48.7 Å². The Bertz CT molecular complexity index is 1070. The van der Waals surface area contributed by atoms with Gasteiger partial charge in [0, 0.05) is 45.3 Å². The Labute approximate surface area is 207 Å². The summed E-state index contributed by atoms with van der Waals surface area (Å²) in [5.74, 6) is -2.54. The molecule has 1 N–H and O–H groups in total. The van der Waals surface area contributed by atoms with E-state index in [-0.39, 0.29) is 11.8 Å². The lowest BCUT2D eigenvalue weighted by Crippen LogP contribution is -2.68. The van der Waals surface area contributed by atoms with E-state index in [2.05, 4.69) is 22.0 Å². The number of hydrogen-bond donors (Lipinski definition) is 1. The summed E-state index contributed by atoms with van der Waals surface area (Å²) in [6.45, 7) is 6.98. The van der Waals surface area contributed by atoms with E-state index < -0.39 is 17.7 Å². The van der Waals surface area contributed by atoms with Crippen LogP contribution in [0.25, 0.3) is 0 Å². The maximum atomic E-state index is 13.8. The molecule has 0 aliphatic carbocycles. The van der Waals surface area contributed by atoms with Gasteiger partial charge in [-0.05, 0) is 37.5 Å². The molecule has 0 bridgehead atoms. The second-order valence-electron chi connectivity index (χ2n) is 8.86. The van der Waals surface area contributed by atoms with Crippen molar-refractivity contribution in [3.8, 4) is 0 Å². The van der Waals surface area contributed by atoms with Gasteiger partial charge in [0.2, 0.25) is 11.8 Å². The standard InChI is InChI=1S/C23H28N4O2.C2HF3O2/c1-18-8-9-21(16-24-18)27-15-14-26(17-20-6-4-3-5-7-20)23(22(27)29)10-12-25(13-11-23)19(2)28;3-2(4,5)1(6)7/h3-9,16H,10-15,17H2,1-2H3;(H,6,7). The minimum absolute atomic E-state index is 0.0808. The van der Waals surface area contributed by atoms with Crippen molar-refractivity contribution in [2.24, 2.45) is 0 Å². The minimum atomic E-state index is -5.08. The third-order valence-electron chi connectivity index (χ3n) is 6.54. The molecule has 2 fully saturated rings. The minimum Gasteiger partial charge on any atom is -0.475 e. The number of amides is 2. The molecule has 11 heteroatoms. The third-order valence-corrected chi connectivity index (χ3v) is 6.54. The summed E-state index contributed by atoms with van der Waals surface area (Å²) in [5, 5.41) is 7.12. The SMILES string of the molecule is CC(=O)N1CCC2(CC1)C(=O)N(c1ccc(C)nc1)CCN2Cc1ccccc1.O=C(O)C(F)(F)F. The second-order valence-corrected chi connectivity index (χ2v) is 8.86. The van der Waals surface area contributed by atoms with Crippen molar-refractivity contribution in [1.29, 1.82) is 0 Å². The van der Waals surface area contributed by atoms with E-state index in [1.54, 1.807) is 13.1 Å². The molecule has 0 atom stereocenters. The number of alkyl halides is 3. The average molecular weight is 507 g/mol. The monoisotopic (exact) mass is 506 g/mol. The van der Waals surface area contributed by atoms with Gasteiger partial charge in [-0.2, -0.15) is 13.2 Å². The molecular formula is C25H29F3N4O4. The van der Waals surface area contributed by atoms with Crippen LogP contribution in [0.3, 0.4) is 0 Å². The first-order valence-electron chi connectivity index (χ1n) is 11.5. The number of carbonyl (C=O) groups excluding carboxylic acids is 2. The van der Waals surface area contributed by atoms with E-state index in [1.165, 1.54) is 5.56 Å². The van der Waals surface area contributed by atoms with Gasteiger partial charge in [0.15, 0.2) is 0 Å². The van der Waals surface area contributed by atoms with Gasteiger partial charge >= 0.3 is 12.1 Å². The molecule has 0 radical (unpaired) electrons. The molecule has 194 valence electrons. The fraction of sp³-hybridized carbons (Fsp3) is 0.440. The van der Waals surface area contributed by atoms with Crippen molar-refractivity contribution in [2.75, 3.05) is 31.1 Å². The number of pyridine rings is 1. The highest BCUT2D eigenvalue weighted by molar-refractivity contribution is 6.01. The molecule has 1 spiro atoms. The van der Waals surface area contributed by atoms with Crippen molar-refractivity contribution in [1.82, 2.24) is 14.8 Å². The number of carboxylic acid groups (broad SMARTS) is 1. The molecule has 2 amide bonds. The van der Waals surface area contributed by atoms with E-state index >= 15 is 0 Å². The van der Waals surface area contributed by atoms with Crippen LogP contribution in [0.4, 0.5) is 18.9 Å². The molecular weight excluding hydrogens is 477 g/mol. The second kappa shape index (κ2) is 11.1. The lowest BCUT2D eigenvalue weighted by atomic mass is 9.81. The van der Waals surface area contributed by atoms with Crippen LogP contribution >= 0.6 is 0 Å². The zero-order valence-electron chi connectivity index (χ0n) is 20.2. The van der Waals surface area contributed by atoms with Crippen LogP contribution in [0, 0.1) is 6.92 Å². The van der Waals surface area contributed by atoms with Crippen molar-refractivity contribution < 1.29 is 32.7 Å². The molecule has 2 saturated heterocycles. The van der Waals surface area contributed by atoms with Crippen LogP contribution in [0.1, 0.15) is 31.0 Å². The number of likely N-dealkylation sites (tertiary alicyclic amines) is 1. The Hall–Kier alpha value is -3.47. The van der Waals surface area contributed by atoms with Gasteiger partial charge in [0.1, 0.15) is 5.54 Å². The van der Waals surface area contributed by atoms with Crippen LogP contribution in [-0.2, 0) is 20.9 Å². The number of nitrogens with zero attached hydrogens (tertiary/aromatic N) is 4. The van der Waals surface area contributed by atoms with Crippen LogP contribution < -0.4 is 4.90 Å². The Kier molecular flexibility index (Phi) is 8.34. The number of hydrogen-bond acceptors (Lipinski definition) is 5. The normalized spacial score (nSPS) is 18.0. The van der Waals surface area contributed by atoms with Crippen molar-refractivity contribution in [3.05, 3.63) is 59.9 Å². The fourth-order valence-corrected chi connectivity index (χ4v) is 4.54. The van der Waals surface area contributed by atoms with E-state index in [0.29, 0.717) is 32.5 Å². The highest BCUT2D eigenvalue weighted by Crippen LogP contribution is 2.36. The molecule has 4 rings (SSSR count). The van der Waals surface area contributed by atoms with Gasteiger partial charge in [-0.3, -0.25) is 19.5 Å². The molecule has 8 nitrogen and oxygen atoms in total. The Morgan fingerprint density at radius 3 is 2.14 bits per heavy atom. The largest absolute Gasteiger partial charge is 0.490 e. The maximum Gasteiger partial charge on any atom is 0.490 e. The Morgan fingerprint density at radius 2 is 1.64 bits per heavy atom. The fourth-order valence-electron chi connectivity index (χ4n) is 4.54. The smallest absolute Gasteiger partial charge is 0.475 e. The number of carboxylic acids is 1. The molecule has 1 aromatic heterocycles. The van der Waals surface area contributed by atoms with Gasteiger partial charge < -0.3 is 14.9 Å². The first-order valence-corrected chi connectivity index (χ1v) is 11.5. The van der Waals surface area contributed by atoms with E-state index in [9.17, 15) is 22.8 Å². The molecule has 0 unspecified atom stereocenters. The quantitative estimate of drug-likeness (QED) is 0.687. The summed E-state index contributed by atoms with van der Waals surface area (Å²) in [4.78, 5) is 45.0. The summed E-state index contributed by atoms with van der Waals surface area (Å²) in [7, 11) is 0. The summed E-state index contributed by atoms with van der Waals surface area (Å²) < 4.78 is 31.7. The molecule has 2 aliphatic rings. The van der Waals surface area contributed by atoms with Gasteiger partial charge in [-0.15, -0.1) is 0 Å². The highest BCUT2D eigenvalue weighted by atomic mass is 19.4. The Morgan fingerprint density at radius 1 is 1.03 bits per heavy atom. The predicted octanol–water partition coefficient (Wildman–Crippen LogP) is 3.25. The summed E-state index contributed by atoms with van der Waals surface area (Å²) in [6.07, 6.45) is -1.97. The number of aryl methyl sites for hydroxylation is 1. The lowest BCUT2D eigenvalue weighted by molar-refractivity contribution is -0.192. The first kappa shape index (κ1) is 27.1. The molecule has 3 heterocycles. The molecule has 36 heavy (non-hydrogen) atoms. The van der Waals surface area contributed by atoms with Crippen LogP contribution in [0.5, 0.6) is 0 Å². The number of aromatic nitrogens is 1. The van der Waals surface area contributed by atoms with E-state index in [0.717, 1.165) is 24.5 Å². The van der Waals surface area contributed by atoms with Crippen LogP contribution in [0.2, 0.25) is 0 Å². The van der Waals surface area contributed by atoms with Gasteiger partial charge in [0.25, 0.3) is 0 Å². The zero-order chi connectivity index (χ0) is 26.5. The van der Waals surface area contributed by atoms with Crippen molar-refractivity contribution in [2.45, 2.75) is 44.9 Å². The predicted molar refractivity (Wildman–Crippen MR) is 126 cm³/mol. The summed E-state index contributed by atoms with van der Waals surface area (Å²) in [6, 6.07) is 14.2. The highest BCUT2D eigenvalue weighted by Gasteiger charge is 2.51. The average Bonchev–Trinajstić information content (AvgIpc) is 2.84. The molecule has 2 aliphatic heterocycles. The lowest BCUT2D eigenvalue weighted by Gasteiger charge is -2.52. The van der Waals surface area contributed by atoms with Crippen LogP contribution in [-0.4, -0.2) is 75.6 Å². The molecule has 1 aromatic carbocycles. The van der Waals surface area contributed by atoms with Gasteiger partial charge in [0.05, 0.1) is 11.9 Å². The van der Waals surface area contributed by atoms with Gasteiger partial charge in [-0.25, -0.2) is 4.79 Å². The third kappa shape index (κ3) is 6.20. The van der Waals surface area contributed by atoms with E-state index in [1.807, 2.05) is 47.1 Å². The van der Waals surface area contributed by atoms with Gasteiger partial charge in [-0.1, -0.05) is 30.3 Å². The molecule has 0 saturated carbocycles. The zero-order valence-corrected chi connectivity index (χ0v) is 20.2. The number of rotatable bonds is 3. The topological polar surface area (TPSA) is 94.1 Å². The molecule has 2 aromatic rings. The first-order chi connectivity index (χ1) is 16.9. The Balaban J connectivity index is 0.000000454. The number of anilines is 1. The summed E-state index contributed by atoms with van der Waals surface area (Å²) >= 11 is 0. The van der Waals surface area contributed by atoms with Crippen molar-refractivity contribution >= 4 is 23.5 Å².